The molecule has 5 aromatic heterocycles. The van der Waals surface area contributed by atoms with Gasteiger partial charge in [0.15, 0.2) is 0 Å². The second-order valence-electron chi connectivity index (χ2n) is 19.2. The third-order valence-corrected chi connectivity index (χ3v) is 16.7. The van der Waals surface area contributed by atoms with Gasteiger partial charge in [-0.25, -0.2) is 15.0 Å². The highest BCUT2D eigenvalue weighted by Gasteiger charge is 2.44. The van der Waals surface area contributed by atoms with E-state index in [2.05, 4.69) is 42.4 Å². The minimum absolute atomic E-state index is 0.0779. The van der Waals surface area contributed by atoms with Crippen molar-refractivity contribution in [1.29, 1.82) is 0 Å². The molecule has 2 aromatic carbocycles. The lowest BCUT2D eigenvalue weighted by molar-refractivity contribution is -0.141. The summed E-state index contributed by atoms with van der Waals surface area (Å²) in [4.78, 5) is 51.7. The molecule has 0 unspecified atom stereocenters. The number of β-amino-alcohol motifs (C(OH)–C–C–N with tert-alkyl or cyclic N) is 1. The van der Waals surface area contributed by atoms with Gasteiger partial charge in [-0.2, -0.15) is 0 Å². The summed E-state index contributed by atoms with van der Waals surface area (Å²) in [6, 6.07) is 18.2. The highest BCUT2D eigenvalue weighted by Crippen LogP contribution is 2.42. The fourth-order valence-corrected chi connectivity index (χ4v) is 12.5. The van der Waals surface area contributed by atoms with Gasteiger partial charge in [-0.3, -0.25) is 9.59 Å². The van der Waals surface area contributed by atoms with E-state index in [0.29, 0.717) is 22.9 Å². The first-order chi connectivity index (χ1) is 33.4. The van der Waals surface area contributed by atoms with Crippen molar-refractivity contribution in [2.45, 2.75) is 103 Å². The van der Waals surface area contributed by atoms with Gasteiger partial charge in [0, 0.05) is 67.0 Å². The Labute approximate surface area is 409 Å². The Balaban J connectivity index is 0.723. The number of hydrogen-bond acceptors (Lipinski definition) is 15. The zero-order chi connectivity index (χ0) is 47.9. The van der Waals surface area contributed by atoms with Crippen molar-refractivity contribution in [3.63, 3.8) is 0 Å². The number of nitrogens with zero attached hydrogens (tertiary/aromatic N) is 9. The Morgan fingerprint density at radius 1 is 0.870 bits per heavy atom. The van der Waals surface area contributed by atoms with Gasteiger partial charge < -0.3 is 34.8 Å². The van der Waals surface area contributed by atoms with Gasteiger partial charge in [0.25, 0.3) is 0 Å². The molecule has 17 heteroatoms. The molecule has 3 N–H and O–H groups in total. The number of carbonyl (C=O) groups is 2. The van der Waals surface area contributed by atoms with Crippen molar-refractivity contribution in [2.24, 2.45) is 5.92 Å². The fourth-order valence-electron chi connectivity index (χ4n) is 10.4. The van der Waals surface area contributed by atoms with E-state index in [1.54, 1.807) is 34.8 Å². The molecule has 3 aliphatic rings. The van der Waals surface area contributed by atoms with Crippen molar-refractivity contribution in [3.05, 3.63) is 112 Å². The summed E-state index contributed by atoms with van der Waals surface area (Å²) in [5.41, 5.74) is 9.26. The Kier molecular flexibility index (Phi) is 13.2. The Morgan fingerprint density at radius 3 is 2.28 bits per heavy atom. The summed E-state index contributed by atoms with van der Waals surface area (Å²) in [6.45, 7) is 13.4. The van der Waals surface area contributed by atoms with Gasteiger partial charge in [-0.15, -0.1) is 32.9 Å². The normalized spacial score (nSPS) is 19.1. The van der Waals surface area contributed by atoms with Crippen molar-refractivity contribution >= 4 is 56.3 Å². The average Bonchev–Trinajstić information content (AvgIpc) is 4.19. The molecule has 0 aliphatic carbocycles. The van der Waals surface area contributed by atoms with Gasteiger partial charge in [0.05, 0.1) is 57.7 Å². The average molecular weight is 967 g/mol. The summed E-state index contributed by atoms with van der Waals surface area (Å²) in [7, 11) is 0. The van der Waals surface area contributed by atoms with Crippen molar-refractivity contribution in [2.75, 3.05) is 42.5 Å². The van der Waals surface area contributed by atoms with E-state index in [1.165, 1.54) is 15.3 Å². The molecule has 0 saturated carbocycles. The van der Waals surface area contributed by atoms with Crippen LogP contribution in [0.5, 0.6) is 5.75 Å². The molecule has 15 nitrogen and oxygen atoms in total. The van der Waals surface area contributed by atoms with Crippen LogP contribution in [0.2, 0.25) is 0 Å². The van der Waals surface area contributed by atoms with Crippen molar-refractivity contribution in [1.82, 2.24) is 40.5 Å². The minimum atomic E-state index is -0.808. The number of para-hydroxylation sites is 1. The number of anilines is 2. The second-order valence-corrected chi connectivity index (χ2v) is 21.1. The minimum Gasteiger partial charge on any atom is -0.507 e. The van der Waals surface area contributed by atoms with Crippen LogP contribution in [0.1, 0.15) is 110 Å². The van der Waals surface area contributed by atoms with Crippen LogP contribution in [0.15, 0.2) is 83.1 Å². The lowest BCUT2D eigenvalue weighted by Gasteiger charge is -2.34. The fraction of sp³-hybridized carbons (Fsp3) is 0.423. The van der Waals surface area contributed by atoms with Gasteiger partial charge in [0.2, 0.25) is 17.8 Å². The number of aliphatic hydroxyl groups excluding tert-OH is 1. The second kappa shape index (κ2) is 19.6. The van der Waals surface area contributed by atoms with Gasteiger partial charge in [0.1, 0.15) is 28.3 Å². The van der Waals surface area contributed by atoms with E-state index in [9.17, 15) is 19.8 Å². The molecule has 358 valence electrons. The van der Waals surface area contributed by atoms with E-state index in [1.807, 2.05) is 94.1 Å². The number of carbonyl (C=O) groups excluding carboxylic acids is 2. The molecule has 8 heterocycles. The van der Waals surface area contributed by atoms with Gasteiger partial charge >= 0.3 is 0 Å². The first kappa shape index (κ1) is 46.4. The summed E-state index contributed by atoms with van der Waals surface area (Å²) in [5.74, 6) is 0.678. The van der Waals surface area contributed by atoms with Crippen LogP contribution in [-0.4, -0.2) is 102 Å². The number of phenols is 1. The summed E-state index contributed by atoms with van der Waals surface area (Å²) >= 11 is 3.32. The molecule has 69 heavy (non-hydrogen) atoms. The highest BCUT2D eigenvalue weighted by molar-refractivity contribution is 7.19. The number of rotatable bonds is 12. The van der Waals surface area contributed by atoms with Gasteiger partial charge in [-0.05, 0) is 93.2 Å². The summed E-state index contributed by atoms with van der Waals surface area (Å²) < 4.78 is 5.95. The van der Waals surface area contributed by atoms with E-state index in [-0.39, 0.29) is 48.4 Å². The van der Waals surface area contributed by atoms with Crippen molar-refractivity contribution < 1.29 is 24.3 Å². The number of phenolic OH excluding ortho intramolecular Hbond substituents is 1. The van der Waals surface area contributed by atoms with E-state index < -0.39 is 18.1 Å². The maximum atomic E-state index is 14.4. The smallest absolute Gasteiger partial charge is 0.243 e. The predicted octanol–water partition coefficient (Wildman–Crippen LogP) is 8.93. The maximum absolute atomic E-state index is 14.4. The zero-order valence-corrected chi connectivity index (χ0v) is 41.2. The first-order valence-electron chi connectivity index (χ1n) is 24.0. The molecule has 4 atom stereocenters. The summed E-state index contributed by atoms with van der Waals surface area (Å²) in [5, 5.41) is 38.9. The Bertz CT molecular complexity index is 2940. The monoisotopic (exact) mass is 966 g/mol. The van der Waals surface area contributed by atoms with Crippen LogP contribution < -0.4 is 15.1 Å². The molecule has 0 radical (unpaired) electrons. The molecule has 2 amide bonds. The number of fused-ring (bicyclic) bond motifs is 1. The van der Waals surface area contributed by atoms with Crippen LogP contribution in [0.3, 0.4) is 0 Å². The molecular weight excluding hydrogens is 909 g/mol. The number of benzene rings is 2. The number of piperidine rings is 2. The molecular formula is C52H58N10O5S2. The maximum Gasteiger partial charge on any atom is 0.243 e. The number of aromatic hydroxyl groups is 1. The summed E-state index contributed by atoms with van der Waals surface area (Å²) in [6.07, 6.45) is 6.92. The number of aliphatic hydroxyl groups is 1. The largest absolute Gasteiger partial charge is 0.507 e. The molecule has 0 bridgehead atoms. The van der Waals surface area contributed by atoms with Crippen LogP contribution in [-0.2, 0) is 9.59 Å². The third-order valence-electron chi connectivity index (χ3n) is 14.4. The third kappa shape index (κ3) is 9.43. The number of aryl methyl sites for hydroxylation is 2. The number of hydrogen-bond donors (Lipinski definition) is 3. The first-order valence-corrected chi connectivity index (χ1v) is 25.7. The molecule has 7 aromatic rings. The van der Waals surface area contributed by atoms with Crippen LogP contribution >= 0.6 is 22.7 Å². The number of thiazole rings is 1. The number of aromatic nitrogens is 6. The van der Waals surface area contributed by atoms with Crippen LogP contribution in [0, 0.1) is 19.8 Å². The molecule has 0 spiro atoms. The van der Waals surface area contributed by atoms with E-state index >= 15 is 0 Å². The Morgan fingerprint density at radius 2 is 1.58 bits per heavy atom. The lowest BCUT2D eigenvalue weighted by Crippen LogP contribution is -2.48. The Hall–Kier alpha value is -6.30. The number of likely N-dealkylation sites (tertiary alicyclic amines) is 1. The standard InChI is InChI=1S/C52H58N10O5S2/c1-29(2)46(51(66)62-27-38(63)22-43(62)49(65)56-31(4)33-10-12-35(13-11-33)48-32(5)55-28-68-48)45-24-41(59-67-45)34-14-18-60(19-15-34)37-25-53-52(54-26-37)61-20-16-36(17-21-61)47-30(3)40-23-42(57-58-50(40)69-47)39-8-6-7-9-44(39)64/h6-13,23-26,28-29,31,34,36,38,43,46,63-64H,14-22,27H2,1-5H3,(H,56,65)/t31-,38+,43-,46+/m0/s1. The van der Waals surface area contributed by atoms with Crippen LogP contribution in [0.4, 0.5) is 11.6 Å². The van der Waals surface area contributed by atoms with Gasteiger partial charge in [-0.1, -0.05) is 55.4 Å². The molecule has 3 saturated heterocycles. The number of amides is 2. The quantitative estimate of drug-likeness (QED) is 0.105. The van der Waals surface area contributed by atoms with Crippen LogP contribution in [0.25, 0.3) is 31.9 Å². The molecule has 3 aliphatic heterocycles. The topological polar surface area (TPSA) is 187 Å². The zero-order valence-electron chi connectivity index (χ0n) is 39.6. The predicted molar refractivity (Wildman–Crippen MR) is 269 cm³/mol. The van der Waals surface area contributed by atoms with E-state index in [0.717, 1.165) is 101 Å². The van der Waals surface area contributed by atoms with Crippen molar-refractivity contribution in [3.8, 4) is 27.4 Å². The SMILES string of the molecule is Cc1ncsc1-c1ccc([C@H](C)NC(=O)[C@@H]2C[C@@H](O)CN2C(=O)[C@@H](c2cc(C3CCN(c4cnc(N5CCC(c6sc7nnc(-c8ccccc8O)cc7c6C)CC5)nc4)CC3)no2)C(C)C)cc1. The highest BCUT2D eigenvalue weighted by atomic mass is 32.1. The number of thiophene rings is 1. The molecule has 3 fully saturated rings. The number of nitrogens with one attached hydrogen (secondary N) is 1. The molecule has 10 rings (SSSR count). The van der Waals surface area contributed by atoms with E-state index in [4.69, 9.17) is 14.5 Å². The lowest BCUT2D eigenvalue weighted by atomic mass is 9.89.